The fraction of sp³-hybridized carbons (Fsp3) is 0.474. The van der Waals surface area contributed by atoms with Crippen molar-refractivity contribution >= 4 is 23.0 Å². The first-order valence-electron chi connectivity index (χ1n) is 8.72. The van der Waals surface area contributed by atoms with Crippen molar-refractivity contribution in [1.29, 1.82) is 0 Å². The molecular formula is C19H25N3O2S. The molecule has 0 amide bonds. The van der Waals surface area contributed by atoms with Gasteiger partial charge >= 0.3 is 5.97 Å². The van der Waals surface area contributed by atoms with E-state index in [4.69, 9.17) is 4.74 Å². The van der Waals surface area contributed by atoms with E-state index < -0.39 is 0 Å². The Morgan fingerprint density at radius 2 is 2.04 bits per heavy atom. The van der Waals surface area contributed by atoms with E-state index in [0.29, 0.717) is 11.6 Å². The number of piperazine rings is 1. The average molecular weight is 359 g/mol. The van der Waals surface area contributed by atoms with Crippen molar-refractivity contribution in [3.8, 4) is 0 Å². The van der Waals surface area contributed by atoms with Crippen LogP contribution in [0.1, 0.15) is 32.9 Å². The number of hydrogen-bond donors (Lipinski definition) is 0. The van der Waals surface area contributed by atoms with Gasteiger partial charge < -0.3 is 14.5 Å². The normalized spacial score (nSPS) is 15.4. The molecule has 6 heteroatoms. The molecule has 1 aromatic heterocycles. The lowest BCUT2D eigenvalue weighted by Gasteiger charge is -2.34. The summed E-state index contributed by atoms with van der Waals surface area (Å²) in [5.74, 6) is -0.326. The number of aryl methyl sites for hydroxylation is 1. The van der Waals surface area contributed by atoms with Crippen molar-refractivity contribution in [3.05, 3.63) is 45.4 Å². The van der Waals surface area contributed by atoms with Crippen LogP contribution in [0, 0.1) is 6.92 Å². The minimum Gasteiger partial charge on any atom is -0.461 e. The number of anilines is 1. The van der Waals surface area contributed by atoms with E-state index >= 15 is 0 Å². The van der Waals surface area contributed by atoms with Gasteiger partial charge in [-0.3, -0.25) is 0 Å². The molecule has 5 nitrogen and oxygen atoms in total. The standard InChI is InChI=1S/C19H25N3O2S/c1-4-24-19(23)18-20-14(2)17(25-18)13-15-6-5-7-16(12-15)22-10-8-21(3)9-11-22/h5-7,12H,4,8-11,13H2,1-3H3. The second kappa shape index (κ2) is 7.97. The maximum absolute atomic E-state index is 11.9. The summed E-state index contributed by atoms with van der Waals surface area (Å²) >= 11 is 1.44. The molecule has 0 bridgehead atoms. The molecule has 0 unspecified atom stereocenters. The second-order valence-corrected chi connectivity index (χ2v) is 7.47. The lowest BCUT2D eigenvalue weighted by Crippen LogP contribution is -2.44. The Hall–Kier alpha value is -1.92. The van der Waals surface area contributed by atoms with Gasteiger partial charge in [0.1, 0.15) is 0 Å². The smallest absolute Gasteiger partial charge is 0.367 e. The van der Waals surface area contributed by atoms with Gasteiger partial charge in [-0.2, -0.15) is 0 Å². The van der Waals surface area contributed by atoms with Gasteiger partial charge in [-0.1, -0.05) is 12.1 Å². The highest BCUT2D eigenvalue weighted by atomic mass is 32.1. The van der Waals surface area contributed by atoms with Crippen molar-refractivity contribution in [2.75, 3.05) is 44.7 Å². The first-order chi connectivity index (χ1) is 12.1. The zero-order valence-electron chi connectivity index (χ0n) is 15.1. The summed E-state index contributed by atoms with van der Waals surface area (Å²) < 4.78 is 5.05. The average Bonchev–Trinajstić information content (AvgIpc) is 2.97. The van der Waals surface area contributed by atoms with E-state index in [-0.39, 0.29) is 5.97 Å². The fourth-order valence-electron chi connectivity index (χ4n) is 2.99. The first kappa shape index (κ1) is 17.9. The maximum Gasteiger partial charge on any atom is 0.367 e. The Kier molecular flexibility index (Phi) is 5.71. The van der Waals surface area contributed by atoms with Gasteiger partial charge in [0, 0.05) is 43.2 Å². The third-order valence-electron chi connectivity index (χ3n) is 4.49. The topological polar surface area (TPSA) is 45.7 Å². The first-order valence-corrected chi connectivity index (χ1v) is 9.54. The van der Waals surface area contributed by atoms with E-state index in [1.807, 2.05) is 13.8 Å². The molecule has 3 rings (SSSR count). The Bertz CT molecular complexity index is 736. The molecule has 1 aliphatic rings. The van der Waals surface area contributed by atoms with E-state index in [0.717, 1.165) is 43.2 Å². The number of rotatable bonds is 5. The molecule has 1 fully saturated rings. The highest BCUT2D eigenvalue weighted by Crippen LogP contribution is 2.25. The van der Waals surface area contributed by atoms with Gasteiger partial charge in [0.05, 0.1) is 12.3 Å². The summed E-state index contributed by atoms with van der Waals surface area (Å²) in [5.41, 5.74) is 3.44. The summed E-state index contributed by atoms with van der Waals surface area (Å²) in [6, 6.07) is 8.70. The Morgan fingerprint density at radius 1 is 1.28 bits per heavy atom. The number of carbonyl (C=O) groups excluding carboxylic acids is 1. The quantitative estimate of drug-likeness (QED) is 0.768. The molecule has 0 spiro atoms. The van der Waals surface area contributed by atoms with Crippen molar-refractivity contribution in [3.63, 3.8) is 0 Å². The predicted molar refractivity (Wildman–Crippen MR) is 102 cm³/mol. The van der Waals surface area contributed by atoms with Gasteiger partial charge in [-0.05, 0) is 38.6 Å². The molecule has 0 saturated carbocycles. The van der Waals surface area contributed by atoms with Crippen LogP contribution < -0.4 is 4.90 Å². The van der Waals surface area contributed by atoms with Crippen LogP contribution >= 0.6 is 11.3 Å². The van der Waals surface area contributed by atoms with Crippen molar-refractivity contribution in [2.24, 2.45) is 0 Å². The van der Waals surface area contributed by atoms with Crippen molar-refractivity contribution < 1.29 is 9.53 Å². The Balaban J connectivity index is 1.73. The molecule has 0 aliphatic carbocycles. The maximum atomic E-state index is 11.9. The van der Waals surface area contributed by atoms with Gasteiger partial charge in [-0.15, -0.1) is 11.3 Å². The molecular weight excluding hydrogens is 334 g/mol. The summed E-state index contributed by atoms with van der Waals surface area (Å²) in [5, 5.41) is 0.449. The molecule has 2 heterocycles. The summed E-state index contributed by atoms with van der Waals surface area (Å²) in [6.07, 6.45) is 0.796. The van der Waals surface area contributed by atoms with Crippen LogP contribution in [0.4, 0.5) is 5.69 Å². The van der Waals surface area contributed by atoms with E-state index in [2.05, 4.69) is 46.1 Å². The van der Waals surface area contributed by atoms with E-state index in [9.17, 15) is 4.79 Å². The predicted octanol–water partition coefficient (Wildman–Crippen LogP) is 2.97. The third-order valence-corrected chi connectivity index (χ3v) is 5.62. The van der Waals surface area contributed by atoms with E-state index in [1.54, 1.807) is 0 Å². The monoisotopic (exact) mass is 359 g/mol. The summed E-state index contributed by atoms with van der Waals surface area (Å²) in [4.78, 5) is 22.2. The second-order valence-electron chi connectivity index (χ2n) is 6.39. The van der Waals surface area contributed by atoms with Crippen LogP contribution in [-0.2, 0) is 11.2 Å². The van der Waals surface area contributed by atoms with Crippen LogP contribution in [0.3, 0.4) is 0 Å². The number of nitrogens with zero attached hydrogens (tertiary/aromatic N) is 3. The van der Waals surface area contributed by atoms with Gasteiger partial charge in [-0.25, -0.2) is 9.78 Å². The van der Waals surface area contributed by atoms with Crippen molar-refractivity contribution in [1.82, 2.24) is 9.88 Å². The van der Waals surface area contributed by atoms with Gasteiger partial charge in [0.25, 0.3) is 0 Å². The highest BCUT2D eigenvalue weighted by Gasteiger charge is 2.17. The summed E-state index contributed by atoms with van der Waals surface area (Å²) in [6.45, 7) is 8.46. The lowest BCUT2D eigenvalue weighted by atomic mass is 10.1. The minimum atomic E-state index is -0.326. The molecule has 25 heavy (non-hydrogen) atoms. The third kappa shape index (κ3) is 4.38. The number of carbonyl (C=O) groups is 1. The van der Waals surface area contributed by atoms with Crippen LogP contribution in [0.2, 0.25) is 0 Å². The van der Waals surface area contributed by atoms with Crippen molar-refractivity contribution in [2.45, 2.75) is 20.3 Å². The van der Waals surface area contributed by atoms with Gasteiger partial charge in [0.15, 0.2) is 0 Å². The zero-order valence-corrected chi connectivity index (χ0v) is 15.9. The number of likely N-dealkylation sites (N-methyl/N-ethyl adjacent to an activating group) is 1. The van der Waals surface area contributed by atoms with Crippen LogP contribution in [0.25, 0.3) is 0 Å². The molecule has 134 valence electrons. The number of aromatic nitrogens is 1. The zero-order chi connectivity index (χ0) is 17.8. The fourth-order valence-corrected chi connectivity index (χ4v) is 3.98. The van der Waals surface area contributed by atoms with Crippen LogP contribution in [-0.4, -0.2) is 55.7 Å². The number of esters is 1. The minimum absolute atomic E-state index is 0.326. The number of ether oxygens (including phenoxy) is 1. The largest absolute Gasteiger partial charge is 0.461 e. The lowest BCUT2D eigenvalue weighted by molar-refractivity contribution is 0.0525. The molecule has 2 aromatic rings. The molecule has 0 radical (unpaired) electrons. The van der Waals surface area contributed by atoms with E-state index in [1.165, 1.54) is 22.6 Å². The molecule has 1 aromatic carbocycles. The molecule has 0 N–H and O–H groups in total. The SMILES string of the molecule is CCOC(=O)c1nc(C)c(Cc2cccc(N3CCN(C)CC3)c2)s1. The summed E-state index contributed by atoms with van der Waals surface area (Å²) in [7, 11) is 2.17. The Labute approximate surface area is 153 Å². The molecule has 0 atom stereocenters. The number of hydrogen-bond acceptors (Lipinski definition) is 6. The number of benzene rings is 1. The molecule has 1 saturated heterocycles. The number of thiazole rings is 1. The molecule has 1 aliphatic heterocycles. The Morgan fingerprint density at radius 3 is 2.76 bits per heavy atom. The van der Waals surface area contributed by atoms with Gasteiger partial charge in [0.2, 0.25) is 5.01 Å². The highest BCUT2D eigenvalue weighted by molar-refractivity contribution is 7.13. The van der Waals surface area contributed by atoms with Crippen LogP contribution in [0.5, 0.6) is 0 Å². The van der Waals surface area contributed by atoms with Crippen LogP contribution in [0.15, 0.2) is 24.3 Å².